The number of aromatic nitrogens is 2. The molecule has 0 unspecified atom stereocenters. The molecule has 2 aromatic rings. The van der Waals surface area contributed by atoms with Crippen molar-refractivity contribution in [3.8, 4) is 0 Å². The summed E-state index contributed by atoms with van der Waals surface area (Å²) in [4.78, 5) is 15.4. The van der Waals surface area contributed by atoms with Crippen molar-refractivity contribution in [2.24, 2.45) is 0 Å². The number of H-pyrrole nitrogens is 1. The molecule has 112 valence electrons. The van der Waals surface area contributed by atoms with Crippen LogP contribution in [0.3, 0.4) is 0 Å². The maximum Gasteiger partial charge on any atom is 0.225 e. The number of thiophene rings is 1. The van der Waals surface area contributed by atoms with Crippen LogP contribution in [-0.4, -0.2) is 35.2 Å². The van der Waals surface area contributed by atoms with Crippen LogP contribution in [0.25, 0.3) is 0 Å². The van der Waals surface area contributed by atoms with E-state index in [0.29, 0.717) is 6.42 Å². The van der Waals surface area contributed by atoms with Crippen LogP contribution in [0.5, 0.6) is 0 Å². The molecule has 3 heterocycles. The van der Waals surface area contributed by atoms with Gasteiger partial charge in [-0.2, -0.15) is 5.10 Å². The second-order valence-corrected chi connectivity index (χ2v) is 6.53. The van der Waals surface area contributed by atoms with Gasteiger partial charge < -0.3 is 10.2 Å². The fourth-order valence-corrected chi connectivity index (χ4v) is 3.37. The number of nitrogens with one attached hydrogen (secondary N) is 2. The van der Waals surface area contributed by atoms with E-state index in [9.17, 15) is 4.79 Å². The highest BCUT2D eigenvalue weighted by Crippen LogP contribution is 2.18. The number of carbonyl (C=O) groups is 1. The van der Waals surface area contributed by atoms with E-state index in [1.54, 1.807) is 11.3 Å². The Morgan fingerprint density at radius 3 is 2.95 bits per heavy atom. The van der Waals surface area contributed by atoms with Crippen molar-refractivity contribution < 1.29 is 4.79 Å². The summed E-state index contributed by atoms with van der Waals surface area (Å²) in [7, 11) is 0. The van der Waals surface area contributed by atoms with Crippen molar-refractivity contribution in [1.82, 2.24) is 15.5 Å². The van der Waals surface area contributed by atoms with Gasteiger partial charge in [0, 0.05) is 35.8 Å². The normalized spacial score (nSPS) is 16.1. The minimum Gasteiger partial charge on any atom is -0.355 e. The lowest BCUT2D eigenvalue weighted by molar-refractivity contribution is -0.121. The third-order valence-electron chi connectivity index (χ3n) is 3.79. The lowest BCUT2D eigenvalue weighted by Gasteiger charge is -2.32. The zero-order chi connectivity index (χ0) is 14.7. The second kappa shape index (κ2) is 6.30. The molecule has 1 fully saturated rings. The van der Waals surface area contributed by atoms with Crippen LogP contribution in [0, 0.1) is 6.92 Å². The number of rotatable bonds is 4. The van der Waals surface area contributed by atoms with Crippen LogP contribution in [0.2, 0.25) is 0 Å². The lowest BCUT2D eigenvalue weighted by Crippen LogP contribution is -2.45. The molecular formula is C15H20N4OS. The van der Waals surface area contributed by atoms with Crippen LogP contribution in [0.4, 0.5) is 5.82 Å². The Morgan fingerprint density at radius 1 is 1.52 bits per heavy atom. The first-order valence-corrected chi connectivity index (χ1v) is 8.17. The fraction of sp³-hybridized carbons (Fsp3) is 0.467. The summed E-state index contributed by atoms with van der Waals surface area (Å²) in [6.07, 6.45) is 2.45. The first-order valence-electron chi connectivity index (χ1n) is 7.29. The first-order chi connectivity index (χ1) is 10.2. The minimum absolute atomic E-state index is 0.131. The van der Waals surface area contributed by atoms with Gasteiger partial charge >= 0.3 is 0 Å². The van der Waals surface area contributed by atoms with Gasteiger partial charge in [-0.25, -0.2) is 0 Å². The molecule has 3 rings (SSSR count). The molecule has 6 heteroatoms. The maximum atomic E-state index is 12.0. The summed E-state index contributed by atoms with van der Waals surface area (Å²) in [5, 5.41) is 12.4. The number of piperidine rings is 1. The largest absolute Gasteiger partial charge is 0.355 e. The second-order valence-electron chi connectivity index (χ2n) is 5.49. The predicted octanol–water partition coefficient (Wildman–Crippen LogP) is 2.11. The molecule has 1 aliphatic heterocycles. The quantitative estimate of drug-likeness (QED) is 0.909. The Balaban J connectivity index is 1.46. The molecule has 0 aliphatic carbocycles. The van der Waals surface area contributed by atoms with Gasteiger partial charge in [0.05, 0.1) is 6.42 Å². The van der Waals surface area contributed by atoms with Gasteiger partial charge in [-0.3, -0.25) is 9.89 Å². The average Bonchev–Trinajstić information content (AvgIpc) is 3.11. The Labute approximate surface area is 128 Å². The highest BCUT2D eigenvalue weighted by Gasteiger charge is 2.22. The minimum atomic E-state index is 0.131. The standard InChI is InChI=1S/C15H20N4OS/c1-11-9-14(18-17-11)19-6-4-12(5-7-19)16-15(20)10-13-3-2-8-21-13/h2-3,8-9,12H,4-7,10H2,1H3,(H,16,20)(H,17,18). The molecule has 2 N–H and O–H groups in total. The number of hydrogen-bond acceptors (Lipinski definition) is 4. The molecule has 0 radical (unpaired) electrons. The Hall–Kier alpha value is -1.82. The Morgan fingerprint density at radius 2 is 2.33 bits per heavy atom. The van der Waals surface area contributed by atoms with E-state index in [4.69, 9.17) is 0 Å². The fourth-order valence-electron chi connectivity index (χ4n) is 2.67. The van der Waals surface area contributed by atoms with Crippen molar-refractivity contribution in [2.75, 3.05) is 18.0 Å². The van der Waals surface area contributed by atoms with Crippen molar-refractivity contribution in [3.63, 3.8) is 0 Å². The molecule has 0 aromatic carbocycles. The van der Waals surface area contributed by atoms with Gasteiger partial charge in [0.2, 0.25) is 5.91 Å². The lowest BCUT2D eigenvalue weighted by atomic mass is 10.0. The van der Waals surface area contributed by atoms with Crippen molar-refractivity contribution >= 4 is 23.1 Å². The van der Waals surface area contributed by atoms with E-state index in [1.165, 1.54) is 0 Å². The smallest absolute Gasteiger partial charge is 0.225 e. The van der Waals surface area contributed by atoms with E-state index in [0.717, 1.165) is 42.3 Å². The van der Waals surface area contributed by atoms with E-state index < -0.39 is 0 Å². The molecule has 21 heavy (non-hydrogen) atoms. The molecule has 2 aromatic heterocycles. The molecule has 0 saturated carbocycles. The van der Waals surface area contributed by atoms with Crippen LogP contribution in [0.1, 0.15) is 23.4 Å². The summed E-state index contributed by atoms with van der Waals surface area (Å²) in [6, 6.07) is 6.34. The summed E-state index contributed by atoms with van der Waals surface area (Å²) in [5.41, 5.74) is 1.08. The van der Waals surface area contributed by atoms with E-state index >= 15 is 0 Å². The maximum absolute atomic E-state index is 12.0. The summed E-state index contributed by atoms with van der Waals surface area (Å²) >= 11 is 1.63. The number of nitrogens with zero attached hydrogens (tertiary/aromatic N) is 2. The van der Waals surface area contributed by atoms with Crippen molar-refractivity contribution in [2.45, 2.75) is 32.2 Å². The predicted molar refractivity (Wildman–Crippen MR) is 84.7 cm³/mol. The van der Waals surface area contributed by atoms with Crippen LogP contribution >= 0.6 is 11.3 Å². The van der Waals surface area contributed by atoms with Gasteiger partial charge in [0.15, 0.2) is 5.82 Å². The Kier molecular flexibility index (Phi) is 4.24. The number of hydrogen-bond donors (Lipinski definition) is 2. The molecule has 0 bridgehead atoms. The summed E-state index contributed by atoms with van der Waals surface area (Å²) < 4.78 is 0. The topological polar surface area (TPSA) is 61.0 Å². The molecule has 1 saturated heterocycles. The van der Waals surface area contributed by atoms with Gasteiger partial charge in [0.1, 0.15) is 0 Å². The van der Waals surface area contributed by atoms with Gasteiger partial charge in [-0.15, -0.1) is 11.3 Å². The molecule has 1 aliphatic rings. The Bertz CT molecular complexity index is 585. The molecule has 0 atom stereocenters. The number of aryl methyl sites for hydroxylation is 1. The molecule has 1 amide bonds. The SMILES string of the molecule is Cc1cc(N2CCC(NC(=O)Cc3cccs3)CC2)n[nH]1. The highest BCUT2D eigenvalue weighted by molar-refractivity contribution is 7.10. The molecular weight excluding hydrogens is 284 g/mol. The van der Waals surface area contributed by atoms with Gasteiger partial charge in [0.25, 0.3) is 0 Å². The first kappa shape index (κ1) is 14.1. The van der Waals surface area contributed by atoms with E-state index in [2.05, 4.69) is 26.5 Å². The number of carbonyl (C=O) groups excluding carboxylic acids is 1. The third kappa shape index (κ3) is 3.64. The number of anilines is 1. The van der Waals surface area contributed by atoms with Crippen LogP contribution < -0.4 is 10.2 Å². The van der Waals surface area contributed by atoms with Gasteiger partial charge in [-0.1, -0.05) is 6.07 Å². The number of amides is 1. The molecule has 0 spiro atoms. The molecule has 5 nitrogen and oxygen atoms in total. The van der Waals surface area contributed by atoms with E-state index in [-0.39, 0.29) is 11.9 Å². The third-order valence-corrected chi connectivity index (χ3v) is 4.67. The van der Waals surface area contributed by atoms with Crippen LogP contribution in [0.15, 0.2) is 23.6 Å². The average molecular weight is 304 g/mol. The van der Waals surface area contributed by atoms with Crippen LogP contribution in [-0.2, 0) is 11.2 Å². The van der Waals surface area contributed by atoms with Crippen molar-refractivity contribution in [3.05, 3.63) is 34.2 Å². The summed E-state index contributed by atoms with van der Waals surface area (Å²) in [6.45, 7) is 3.89. The monoisotopic (exact) mass is 304 g/mol. The van der Waals surface area contributed by atoms with Gasteiger partial charge in [-0.05, 0) is 31.2 Å². The van der Waals surface area contributed by atoms with E-state index in [1.807, 2.05) is 24.4 Å². The number of aromatic amines is 1. The zero-order valence-electron chi connectivity index (χ0n) is 12.1. The zero-order valence-corrected chi connectivity index (χ0v) is 12.9. The summed E-state index contributed by atoms with van der Waals surface area (Å²) in [5.74, 6) is 1.14. The highest BCUT2D eigenvalue weighted by atomic mass is 32.1. The van der Waals surface area contributed by atoms with Crippen molar-refractivity contribution in [1.29, 1.82) is 0 Å².